The fraction of sp³-hybridized carbons (Fsp3) is 0.611. The molecule has 5 heteroatoms. The van der Waals surface area contributed by atoms with Crippen molar-refractivity contribution >= 4 is 6.09 Å². The number of likely N-dealkylation sites (tertiary alicyclic amines) is 1. The van der Waals surface area contributed by atoms with E-state index in [0.717, 1.165) is 18.4 Å². The van der Waals surface area contributed by atoms with Crippen LogP contribution in [0.5, 0.6) is 0 Å². The van der Waals surface area contributed by atoms with Gasteiger partial charge in [-0.25, -0.2) is 4.79 Å². The summed E-state index contributed by atoms with van der Waals surface area (Å²) >= 11 is 0. The first kappa shape index (κ1) is 17.8. The standard InChI is InChI=1S/C18H27NO4/c1-18(2,3)23-17(21)19-11-7-10-16(15(19)12-20)22-13-14-8-5-4-6-9-14/h4-6,8-9,15-16,20H,7,10-13H2,1-3H3/t15-,16+/m1/s1. The molecule has 1 heterocycles. The van der Waals surface area contributed by atoms with Gasteiger partial charge in [-0.1, -0.05) is 30.3 Å². The van der Waals surface area contributed by atoms with E-state index in [4.69, 9.17) is 9.47 Å². The molecule has 1 amide bonds. The SMILES string of the molecule is CC(C)(C)OC(=O)N1CCC[C@H](OCc2ccccc2)[C@H]1CO. The molecule has 1 fully saturated rings. The summed E-state index contributed by atoms with van der Waals surface area (Å²) in [6.45, 7) is 6.46. The van der Waals surface area contributed by atoms with Gasteiger partial charge in [0.25, 0.3) is 0 Å². The number of nitrogens with zero attached hydrogens (tertiary/aromatic N) is 1. The molecule has 0 aromatic heterocycles. The van der Waals surface area contributed by atoms with Crippen molar-refractivity contribution in [2.45, 2.75) is 58.0 Å². The molecule has 0 unspecified atom stereocenters. The minimum absolute atomic E-state index is 0.126. The molecule has 2 atom stereocenters. The molecule has 128 valence electrons. The van der Waals surface area contributed by atoms with E-state index < -0.39 is 5.60 Å². The van der Waals surface area contributed by atoms with Gasteiger partial charge >= 0.3 is 6.09 Å². The Bertz CT molecular complexity index is 497. The summed E-state index contributed by atoms with van der Waals surface area (Å²) in [5, 5.41) is 9.75. The molecular weight excluding hydrogens is 294 g/mol. The third-order valence-corrected chi connectivity index (χ3v) is 3.84. The summed E-state index contributed by atoms with van der Waals surface area (Å²) < 4.78 is 11.4. The highest BCUT2D eigenvalue weighted by Crippen LogP contribution is 2.23. The van der Waals surface area contributed by atoms with E-state index in [1.165, 1.54) is 0 Å². The number of hydrogen-bond donors (Lipinski definition) is 1. The van der Waals surface area contributed by atoms with Gasteiger partial charge in [-0.15, -0.1) is 0 Å². The molecule has 1 N–H and O–H groups in total. The number of piperidine rings is 1. The zero-order valence-corrected chi connectivity index (χ0v) is 14.2. The second-order valence-corrected chi connectivity index (χ2v) is 6.90. The number of aliphatic hydroxyl groups excluding tert-OH is 1. The van der Waals surface area contributed by atoms with Gasteiger partial charge in [-0.05, 0) is 39.2 Å². The number of hydrogen-bond acceptors (Lipinski definition) is 4. The summed E-state index contributed by atoms with van der Waals surface area (Å²) in [6, 6.07) is 9.55. The van der Waals surface area contributed by atoms with Crippen LogP contribution in [0.1, 0.15) is 39.2 Å². The Morgan fingerprint density at radius 1 is 1.30 bits per heavy atom. The minimum Gasteiger partial charge on any atom is -0.444 e. The third kappa shape index (κ3) is 5.22. The van der Waals surface area contributed by atoms with Gasteiger partial charge in [0.1, 0.15) is 5.60 Å². The highest BCUT2D eigenvalue weighted by molar-refractivity contribution is 5.68. The molecule has 23 heavy (non-hydrogen) atoms. The Balaban J connectivity index is 1.98. The first-order chi connectivity index (χ1) is 10.9. The van der Waals surface area contributed by atoms with E-state index in [0.29, 0.717) is 13.2 Å². The van der Waals surface area contributed by atoms with Crippen molar-refractivity contribution in [1.29, 1.82) is 0 Å². The lowest BCUT2D eigenvalue weighted by molar-refractivity contribution is -0.0716. The minimum atomic E-state index is -0.547. The van der Waals surface area contributed by atoms with Crippen molar-refractivity contribution in [2.24, 2.45) is 0 Å². The van der Waals surface area contributed by atoms with Crippen LogP contribution in [-0.4, -0.2) is 47.0 Å². The fourth-order valence-corrected chi connectivity index (χ4v) is 2.76. The van der Waals surface area contributed by atoms with E-state index in [9.17, 15) is 9.90 Å². The summed E-state index contributed by atoms with van der Waals surface area (Å²) in [4.78, 5) is 13.9. The molecule has 2 rings (SSSR count). The average Bonchev–Trinajstić information content (AvgIpc) is 2.51. The largest absolute Gasteiger partial charge is 0.444 e. The number of carbonyl (C=O) groups is 1. The van der Waals surface area contributed by atoms with E-state index in [-0.39, 0.29) is 24.8 Å². The topological polar surface area (TPSA) is 59.0 Å². The maximum Gasteiger partial charge on any atom is 0.410 e. The second-order valence-electron chi connectivity index (χ2n) is 6.90. The Morgan fingerprint density at radius 2 is 2.00 bits per heavy atom. The monoisotopic (exact) mass is 321 g/mol. The van der Waals surface area contributed by atoms with Crippen molar-refractivity contribution in [1.82, 2.24) is 4.90 Å². The molecule has 0 saturated carbocycles. The van der Waals surface area contributed by atoms with Crippen LogP contribution in [0.2, 0.25) is 0 Å². The van der Waals surface area contributed by atoms with Crippen LogP contribution in [-0.2, 0) is 16.1 Å². The van der Waals surface area contributed by atoms with Crippen LogP contribution in [0.15, 0.2) is 30.3 Å². The molecule has 1 aromatic carbocycles. The van der Waals surface area contributed by atoms with Crippen molar-refractivity contribution < 1.29 is 19.4 Å². The van der Waals surface area contributed by atoms with Crippen LogP contribution in [0.25, 0.3) is 0 Å². The van der Waals surface area contributed by atoms with Gasteiger partial charge in [0, 0.05) is 6.54 Å². The molecule has 1 saturated heterocycles. The van der Waals surface area contributed by atoms with Gasteiger partial charge < -0.3 is 19.5 Å². The molecule has 0 bridgehead atoms. The lowest BCUT2D eigenvalue weighted by atomic mass is 9.99. The predicted octanol–water partition coefficient (Wildman–Crippen LogP) is 2.96. The molecule has 1 aliphatic heterocycles. The van der Waals surface area contributed by atoms with E-state index in [2.05, 4.69) is 0 Å². The van der Waals surface area contributed by atoms with Gasteiger partial charge in [-0.3, -0.25) is 0 Å². The maximum atomic E-state index is 12.3. The first-order valence-electron chi connectivity index (χ1n) is 8.17. The van der Waals surface area contributed by atoms with Crippen LogP contribution >= 0.6 is 0 Å². The van der Waals surface area contributed by atoms with Crippen molar-refractivity contribution in [3.8, 4) is 0 Å². The molecule has 1 aromatic rings. The molecule has 5 nitrogen and oxygen atoms in total. The highest BCUT2D eigenvalue weighted by atomic mass is 16.6. The van der Waals surface area contributed by atoms with Gasteiger partial charge in [0.2, 0.25) is 0 Å². The van der Waals surface area contributed by atoms with E-state index >= 15 is 0 Å². The summed E-state index contributed by atoms with van der Waals surface area (Å²) in [5.41, 5.74) is 0.535. The van der Waals surface area contributed by atoms with Crippen LogP contribution in [0, 0.1) is 0 Å². The van der Waals surface area contributed by atoms with Gasteiger partial charge in [-0.2, -0.15) is 0 Å². The smallest absolute Gasteiger partial charge is 0.410 e. The molecule has 0 aliphatic carbocycles. The number of rotatable bonds is 4. The normalized spacial score (nSPS) is 22.0. The summed E-state index contributed by atoms with van der Waals surface area (Å²) in [7, 11) is 0. The number of benzene rings is 1. The predicted molar refractivity (Wildman–Crippen MR) is 88.1 cm³/mol. The zero-order chi connectivity index (χ0) is 16.9. The van der Waals surface area contributed by atoms with Crippen LogP contribution in [0.3, 0.4) is 0 Å². The maximum absolute atomic E-state index is 12.3. The summed E-state index contributed by atoms with van der Waals surface area (Å²) in [6.07, 6.45) is 1.11. The van der Waals surface area contributed by atoms with E-state index in [1.807, 2.05) is 51.1 Å². The van der Waals surface area contributed by atoms with Crippen molar-refractivity contribution in [2.75, 3.05) is 13.2 Å². The lowest BCUT2D eigenvalue weighted by Gasteiger charge is -2.40. The number of ether oxygens (including phenoxy) is 2. The number of aliphatic hydroxyl groups is 1. The average molecular weight is 321 g/mol. The van der Waals surface area contributed by atoms with E-state index in [1.54, 1.807) is 4.90 Å². The Labute approximate surface area is 138 Å². The third-order valence-electron chi connectivity index (χ3n) is 3.84. The van der Waals surface area contributed by atoms with Crippen molar-refractivity contribution in [3.05, 3.63) is 35.9 Å². The Hall–Kier alpha value is -1.59. The molecule has 0 radical (unpaired) electrons. The van der Waals surface area contributed by atoms with Crippen LogP contribution < -0.4 is 0 Å². The van der Waals surface area contributed by atoms with Crippen LogP contribution in [0.4, 0.5) is 4.79 Å². The van der Waals surface area contributed by atoms with Gasteiger partial charge in [0.05, 0.1) is 25.4 Å². The highest BCUT2D eigenvalue weighted by Gasteiger charge is 2.36. The zero-order valence-electron chi connectivity index (χ0n) is 14.2. The second kappa shape index (κ2) is 7.79. The molecule has 1 aliphatic rings. The first-order valence-corrected chi connectivity index (χ1v) is 8.17. The molecular formula is C18H27NO4. The molecule has 0 spiro atoms. The number of carbonyl (C=O) groups excluding carboxylic acids is 1. The van der Waals surface area contributed by atoms with Gasteiger partial charge in [0.15, 0.2) is 0 Å². The quantitative estimate of drug-likeness (QED) is 0.926. The number of amides is 1. The lowest BCUT2D eigenvalue weighted by Crippen LogP contribution is -2.54. The fourth-order valence-electron chi connectivity index (χ4n) is 2.76. The van der Waals surface area contributed by atoms with Crippen molar-refractivity contribution in [3.63, 3.8) is 0 Å². The Kier molecular flexibility index (Phi) is 6.02. The summed E-state index contributed by atoms with van der Waals surface area (Å²) in [5.74, 6) is 0. The Morgan fingerprint density at radius 3 is 2.61 bits per heavy atom.